The number of hydrogen-bond donors (Lipinski definition) is 1. The molecule has 0 saturated carbocycles. The zero-order valence-electron chi connectivity index (χ0n) is 6.16. The topological polar surface area (TPSA) is 54.4 Å². The molecule has 0 fully saturated rings. The van der Waals surface area contributed by atoms with Crippen molar-refractivity contribution >= 4 is 9.84 Å². The van der Waals surface area contributed by atoms with Gasteiger partial charge in [-0.2, -0.15) is 0 Å². The van der Waals surface area contributed by atoms with Gasteiger partial charge >= 0.3 is 0 Å². The lowest BCUT2D eigenvalue weighted by molar-refractivity contribution is 0.437. The lowest BCUT2D eigenvalue weighted by Gasteiger charge is -1.93. The minimum atomic E-state index is -3.36. The van der Waals surface area contributed by atoms with Crippen LogP contribution in [0.25, 0.3) is 0 Å². The van der Waals surface area contributed by atoms with Crippen LogP contribution in [-0.4, -0.2) is 19.8 Å². The molecule has 0 heterocycles. The van der Waals surface area contributed by atoms with E-state index < -0.39 is 14.9 Å². The van der Waals surface area contributed by atoms with Crippen LogP contribution >= 0.6 is 0 Å². The van der Waals surface area contributed by atoms with Gasteiger partial charge in [0.15, 0.2) is 0 Å². The normalized spacial score (nSPS) is 13.6. The summed E-state index contributed by atoms with van der Waals surface area (Å²) in [6.07, 6.45) is 3.72. The SMILES string of the molecule is CCC/C=C(/O)S(C)(=O)=O. The summed E-state index contributed by atoms with van der Waals surface area (Å²) in [6.45, 7) is 1.91. The quantitative estimate of drug-likeness (QED) is 0.638. The van der Waals surface area contributed by atoms with Crippen LogP contribution in [0.2, 0.25) is 0 Å². The van der Waals surface area contributed by atoms with E-state index in [-0.39, 0.29) is 0 Å². The van der Waals surface area contributed by atoms with Crippen molar-refractivity contribution in [2.24, 2.45) is 0 Å². The average Bonchev–Trinajstić information content (AvgIpc) is 1.80. The van der Waals surface area contributed by atoms with Crippen LogP contribution in [0.15, 0.2) is 11.2 Å². The predicted molar refractivity (Wildman–Crippen MR) is 40.5 cm³/mol. The van der Waals surface area contributed by atoms with Crippen molar-refractivity contribution in [2.75, 3.05) is 6.26 Å². The third-order valence-corrected chi connectivity index (χ3v) is 1.91. The van der Waals surface area contributed by atoms with Crippen LogP contribution in [-0.2, 0) is 9.84 Å². The Morgan fingerprint density at radius 3 is 2.40 bits per heavy atom. The number of allylic oxidation sites excluding steroid dienone is 1. The Morgan fingerprint density at radius 1 is 1.60 bits per heavy atom. The summed E-state index contributed by atoms with van der Waals surface area (Å²) < 4.78 is 21.0. The minimum absolute atomic E-state index is 0.519. The van der Waals surface area contributed by atoms with Gasteiger partial charge in [0.1, 0.15) is 0 Å². The number of hydrogen-bond acceptors (Lipinski definition) is 3. The molecule has 0 spiro atoms. The lowest BCUT2D eigenvalue weighted by Crippen LogP contribution is -1.99. The summed E-state index contributed by atoms with van der Waals surface area (Å²) in [7, 11) is -3.36. The van der Waals surface area contributed by atoms with Crippen molar-refractivity contribution in [1.29, 1.82) is 0 Å². The summed E-state index contributed by atoms with van der Waals surface area (Å²) in [5, 5.41) is 8.27. The minimum Gasteiger partial charge on any atom is -0.499 e. The zero-order valence-corrected chi connectivity index (χ0v) is 6.98. The summed E-state index contributed by atoms with van der Waals surface area (Å²) in [4.78, 5) is 0. The molecule has 0 aliphatic carbocycles. The van der Waals surface area contributed by atoms with Gasteiger partial charge in [0.05, 0.1) is 0 Å². The van der Waals surface area contributed by atoms with Gasteiger partial charge in [0.2, 0.25) is 14.9 Å². The smallest absolute Gasteiger partial charge is 0.207 e. The maximum absolute atomic E-state index is 10.5. The zero-order chi connectivity index (χ0) is 8.20. The molecule has 0 aliphatic rings. The van der Waals surface area contributed by atoms with Crippen LogP contribution in [0.4, 0.5) is 0 Å². The van der Waals surface area contributed by atoms with Gasteiger partial charge in [-0.1, -0.05) is 13.3 Å². The molecule has 0 rings (SSSR count). The number of aliphatic hydroxyl groups is 1. The van der Waals surface area contributed by atoms with Crippen LogP contribution in [0.1, 0.15) is 19.8 Å². The standard InChI is InChI=1S/C6H12O3S/c1-3-4-5-6(7)10(2,8)9/h5,7H,3-4H2,1-2H3/b6-5-. The first-order valence-electron chi connectivity index (χ1n) is 3.07. The van der Waals surface area contributed by atoms with E-state index in [1.54, 1.807) is 0 Å². The van der Waals surface area contributed by atoms with E-state index in [0.29, 0.717) is 6.42 Å². The van der Waals surface area contributed by atoms with E-state index in [1.165, 1.54) is 6.08 Å². The summed E-state index contributed by atoms with van der Waals surface area (Å²) >= 11 is 0. The highest BCUT2D eigenvalue weighted by Crippen LogP contribution is 2.01. The maximum atomic E-state index is 10.5. The first kappa shape index (κ1) is 9.49. The molecule has 0 atom stereocenters. The van der Waals surface area contributed by atoms with Crippen molar-refractivity contribution in [2.45, 2.75) is 19.8 Å². The molecule has 4 heteroatoms. The highest BCUT2D eigenvalue weighted by molar-refractivity contribution is 7.94. The van der Waals surface area contributed by atoms with E-state index >= 15 is 0 Å². The van der Waals surface area contributed by atoms with Crippen molar-refractivity contribution in [3.63, 3.8) is 0 Å². The Hall–Kier alpha value is -0.510. The fourth-order valence-corrected chi connectivity index (χ4v) is 0.840. The van der Waals surface area contributed by atoms with Crippen LogP contribution in [0.3, 0.4) is 0 Å². The highest BCUT2D eigenvalue weighted by Gasteiger charge is 2.06. The Labute approximate surface area is 61.3 Å². The van der Waals surface area contributed by atoms with Crippen LogP contribution in [0, 0.1) is 0 Å². The van der Waals surface area contributed by atoms with Gasteiger partial charge in [-0.15, -0.1) is 0 Å². The fraction of sp³-hybridized carbons (Fsp3) is 0.667. The van der Waals surface area contributed by atoms with Gasteiger partial charge < -0.3 is 5.11 Å². The summed E-state index contributed by atoms with van der Waals surface area (Å²) in [6, 6.07) is 0. The molecular weight excluding hydrogens is 152 g/mol. The van der Waals surface area contributed by atoms with Gasteiger partial charge in [-0.05, 0) is 12.5 Å². The number of aliphatic hydroxyl groups excluding tert-OH is 1. The van der Waals surface area contributed by atoms with E-state index in [0.717, 1.165) is 12.7 Å². The molecule has 0 amide bonds. The van der Waals surface area contributed by atoms with E-state index in [1.807, 2.05) is 6.92 Å². The molecule has 60 valence electrons. The fourth-order valence-electron chi connectivity index (χ4n) is 0.419. The molecule has 0 bridgehead atoms. The molecular formula is C6H12O3S. The molecule has 0 aromatic rings. The van der Waals surface area contributed by atoms with Gasteiger partial charge in [0.25, 0.3) is 0 Å². The van der Waals surface area contributed by atoms with Crippen LogP contribution in [0.5, 0.6) is 0 Å². The van der Waals surface area contributed by atoms with E-state index in [4.69, 9.17) is 5.11 Å². The van der Waals surface area contributed by atoms with E-state index in [2.05, 4.69) is 0 Å². The lowest BCUT2D eigenvalue weighted by atomic mass is 10.3. The molecule has 0 saturated heterocycles. The van der Waals surface area contributed by atoms with Crippen molar-refractivity contribution in [3.8, 4) is 0 Å². The van der Waals surface area contributed by atoms with Crippen molar-refractivity contribution in [1.82, 2.24) is 0 Å². The molecule has 0 unspecified atom stereocenters. The third kappa shape index (κ3) is 3.50. The largest absolute Gasteiger partial charge is 0.499 e. The monoisotopic (exact) mass is 164 g/mol. The second kappa shape index (κ2) is 3.61. The molecule has 0 radical (unpaired) electrons. The first-order chi connectivity index (χ1) is 4.48. The second-order valence-electron chi connectivity index (χ2n) is 2.10. The third-order valence-electron chi connectivity index (χ3n) is 0.988. The molecule has 0 aromatic carbocycles. The number of rotatable bonds is 3. The van der Waals surface area contributed by atoms with Gasteiger partial charge in [-0.3, -0.25) is 0 Å². The molecule has 1 N–H and O–H groups in total. The Balaban J connectivity index is 4.22. The van der Waals surface area contributed by atoms with Crippen LogP contribution < -0.4 is 0 Å². The molecule has 10 heavy (non-hydrogen) atoms. The summed E-state index contributed by atoms with van der Waals surface area (Å²) in [5.74, 6) is 0. The summed E-state index contributed by atoms with van der Waals surface area (Å²) in [5.41, 5.74) is 0. The Bertz CT molecular complexity index is 213. The van der Waals surface area contributed by atoms with Gasteiger partial charge in [0, 0.05) is 6.26 Å². The average molecular weight is 164 g/mol. The van der Waals surface area contributed by atoms with Crippen molar-refractivity contribution < 1.29 is 13.5 Å². The number of unbranched alkanes of at least 4 members (excludes halogenated alkanes) is 1. The molecule has 3 nitrogen and oxygen atoms in total. The second-order valence-corrected chi connectivity index (χ2v) is 4.07. The Morgan fingerprint density at radius 2 is 2.10 bits per heavy atom. The maximum Gasteiger partial charge on any atom is 0.207 e. The Kier molecular flexibility index (Phi) is 3.42. The van der Waals surface area contributed by atoms with E-state index in [9.17, 15) is 8.42 Å². The highest BCUT2D eigenvalue weighted by atomic mass is 32.2. The molecule has 0 aliphatic heterocycles. The van der Waals surface area contributed by atoms with Gasteiger partial charge in [-0.25, -0.2) is 8.42 Å². The predicted octanol–water partition coefficient (Wildman–Crippen LogP) is 1.23. The molecule has 0 aromatic heterocycles. The van der Waals surface area contributed by atoms with Crippen molar-refractivity contribution in [3.05, 3.63) is 11.2 Å². The number of sulfone groups is 1. The first-order valence-corrected chi connectivity index (χ1v) is 4.96.